The summed E-state index contributed by atoms with van der Waals surface area (Å²) >= 11 is 0. The number of hydrogen-bond acceptors (Lipinski definition) is 2. The third-order valence-corrected chi connectivity index (χ3v) is 2.73. The highest BCUT2D eigenvalue weighted by Crippen LogP contribution is 2.24. The van der Waals surface area contributed by atoms with E-state index in [1.165, 1.54) is 0 Å². The lowest BCUT2D eigenvalue weighted by molar-refractivity contribution is 0.0686. The van der Waals surface area contributed by atoms with Crippen molar-refractivity contribution in [3.63, 3.8) is 0 Å². The quantitative estimate of drug-likeness (QED) is 0.711. The molecule has 0 aliphatic carbocycles. The van der Waals surface area contributed by atoms with Gasteiger partial charge in [-0.3, -0.25) is 0 Å². The zero-order valence-electron chi connectivity index (χ0n) is 8.21. The van der Waals surface area contributed by atoms with E-state index in [0.717, 1.165) is 37.2 Å². The van der Waals surface area contributed by atoms with Crippen molar-refractivity contribution in [1.82, 2.24) is 4.57 Å². The predicted octanol–water partition coefficient (Wildman–Crippen LogP) is 1.47. The average molecular weight is 194 g/mol. The van der Waals surface area contributed by atoms with Crippen molar-refractivity contribution in [2.24, 2.45) is 7.05 Å². The smallest absolute Gasteiger partial charge is 0.352 e. The van der Waals surface area contributed by atoms with Gasteiger partial charge in [-0.05, 0) is 25.3 Å². The number of rotatable bonds is 1. The Labute approximate surface area is 82.5 Å². The van der Waals surface area contributed by atoms with E-state index < -0.39 is 5.97 Å². The second-order valence-corrected chi connectivity index (χ2v) is 3.64. The van der Waals surface area contributed by atoms with Crippen molar-refractivity contribution in [2.45, 2.75) is 19.3 Å². The van der Waals surface area contributed by atoms with Gasteiger partial charge in [-0.2, -0.15) is 0 Å². The zero-order chi connectivity index (χ0) is 10.1. The van der Waals surface area contributed by atoms with E-state index in [1.54, 1.807) is 10.6 Å². The fourth-order valence-electron chi connectivity index (χ4n) is 1.94. The minimum atomic E-state index is -0.859. The molecule has 0 bridgehead atoms. The summed E-state index contributed by atoms with van der Waals surface area (Å²) in [6, 6.07) is 1.73. The Morgan fingerprint density at radius 3 is 3.07 bits per heavy atom. The molecule has 1 aliphatic heterocycles. The molecular weight excluding hydrogens is 180 g/mol. The first-order valence-corrected chi connectivity index (χ1v) is 4.86. The largest absolute Gasteiger partial charge is 0.477 e. The maximum Gasteiger partial charge on any atom is 0.352 e. The van der Waals surface area contributed by atoms with Crippen LogP contribution in [0, 0.1) is 0 Å². The molecule has 0 saturated carbocycles. The average Bonchev–Trinajstić information content (AvgIpc) is 2.37. The Morgan fingerprint density at radius 1 is 1.57 bits per heavy atom. The number of carboxylic acid groups (broad SMARTS) is 1. The van der Waals surface area contributed by atoms with Gasteiger partial charge in [0.25, 0.3) is 0 Å². The lowest BCUT2D eigenvalue weighted by atomic mass is 10.2. The van der Waals surface area contributed by atoms with Crippen LogP contribution in [0.1, 0.15) is 29.0 Å². The van der Waals surface area contributed by atoms with Crippen LogP contribution < -0.4 is 5.32 Å². The van der Waals surface area contributed by atoms with Gasteiger partial charge in [-0.1, -0.05) is 0 Å². The summed E-state index contributed by atoms with van der Waals surface area (Å²) in [6.07, 6.45) is 3.24. The van der Waals surface area contributed by atoms with Crippen molar-refractivity contribution in [3.05, 3.63) is 17.5 Å². The van der Waals surface area contributed by atoms with Crippen LogP contribution in [0.2, 0.25) is 0 Å². The predicted molar refractivity (Wildman–Crippen MR) is 53.8 cm³/mol. The third-order valence-electron chi connectivity index (χ3n) is 2.73. The van der Waals surface area contributed by atoms with Crippen LogP contribution in [-0.4, -0.2) is 22.2 Å². The van der Waals surface area contributed by atoms with Crippen LogP contribution in [0.25, 0.3) is 0 Å². The number of carboxylic acids is 1. The minimum Gasteiger partial charge on any atom is -0.477 e. The normalized spacial score (nSPS) is 15.5. The molecule has 0 unspecified atom stereocenters. The summed E-state index contributed by atoms with van der Waals surface area (Å²) in [4.78, 5) is 10.9. The van der Waals surface area contributed by atoms with Gasteiger partial charge >= 0.3 is 5.97 Å². The van der Waals surface area contributed by atoms with Crippen molar-refractivity contribution in [2.75, 3.05) is 11.9 Å². The Hall–Kier alpha value is -1.45. The van der Waals surface area contributed by atoms with Crippen LogP contribution in [-0.2, 0) is 13.5 Å². The van der Waals surface area contributed by atoms with E-state index in [9.17, 15) is 4.79 Å². The van der Waals surface area contributed by atoms with Crippen molar-refractivity contribution < 1.29 is 9.90 Å². The lowest BCUT2D eigenvalue weighted by Crippen LogP contribution is -2.06. The molecule has 0 aromatic carbocycles. The summed E-state index contributed by atoms with van der Waals surface area (Å²) in [6.45, 7) is 0.941. The van der Waals surface area contributed by atoms with E-state index in [0.29, 0.717) is 5.69 Å². The van der Waals surface area contributed by atoms with Gasteiger partial charge in [0.1, 0.15) is 5.69 Å². The van der Waals surface area contributed by atoms with E-state index in [1.807, 2.05) is 7.05 Å². The van der Waals surface area contributed by atoms with Gasteiger partial charge in [0.05, 0.1) is 5.69 Å². The summed E-state index contributed by atoms with van der Waals surface area (Å²) in [5, 5.41) is 12.2. The lowest BCUT2D eigenvalue weighted by Gasteiger charge is -2.04. The molecule has 0 saturated heterocycles. The highest BCUT2D eigenvalue weighted by atomic mass is 16.4. The van der Waals surface area contributed by atoms with Gasteiger partial charge in [0, 0.05) is 19.3 Å². The SMILES string of the molecule is Cn1c(C(=O)O)cc2c1CCCCN2. The Balaban J connectivity index is 2.45. The minimum absolute atomic E-state index is 0.365. The first-order valence-electron chi connectivity index (χ1n) is 4.86. The number of anilines is 1. The molecule has 76 valence electrons. The number of hydrogen-bond donors (Lipinski definition) is 2. The number of aromatic nitrogens is 1. The van der Waals surface area contributed by atoms with Crippen molar-refractivity contribution in [1.29, 1.82) is 0 Å². The number of fused-ring (bicyclic) bond motifs is 1. The summed E-state index contributed by atoms with van der Waals surface area (Å²) in [5.41, 5.74) is 2.46. The highest BCUT2D eigenvalue weighted by molar-refractivity contribution is 5.88. The van der Waals surface area contributed by atoms with Crippen LogP contribution in [0.5, 0.6) is 0 Å². The fourth-order valence-corrected chi connectivity index (χ4v) is 1.94. The van der Waals surface area contributed by atoms with Gasteiger partial charge in [0.15, 0.2) is 0 Å². The highest BCUT2D eigenvalue weighted by Gasteiger charge is 2.17. The first kappa shape index (κ1) is 9.12. The van der Waals surface area contributed by atoms with Gasteiger partial charge in [-0.25, -0.2) is 4.79 Å². The zero-order valence-corrected chi connectivity index (χ0v) is 8.21. The Kier molecular flexibility index (Phi) is 2.19. The summed E-state index contributed by atoms with van der Waals surface area (Å²) < 4.78 is 1.77. The molecule has 1 aromatic rings. The molecule has 2 rings (SSSR count). The first-order chi connectivity index (χ1) is 6.70. The number of carbonyl (C=O) groups is 1. The maximum absolute atomic E-state index is 10.9. The number of aromatic carboxylic acids is 1. The van der Waals surface area contributed by atoms with Crippen molar-refractivity contribution in [3.8, 4) is 0 Å². The monoisotopic (exact) mass is 194 g/mol. The van der Waals surface area contributed by atoms with Gasteiger partial charge in [-0.15, -0.1) is 0 Å². The topological polar surface area (TPSA) is 54.3 Å². The molecule has 0 atom stereocenters. The van der Waals surface area contributed by atoms with Crippen LogP contribution in [0.15, 0.2) is 6.07 Å². The summed E-state index contributed by atoms with van der Waals surface area (Å²) in [7, 11) is 1.81. The fraction of sp³-hybridized carbons (Fsp3) is 0.500. The van der Waals surface area contributed by atoms with Crippen LogP contribution in [0.4, 0.5) is 5.69 Å². The molecule has 0 spiro atoms. The molecule has 0 radical (unpaired) electrons. The van der Waals surface area contributed by atoms with Crippen molar-refractivity contribution >= 4 is 11.7 Å². The molecule has 4 heteroatoms. The van der Waals surface area contributed by atoms with E-state index >= 15 is 0 Å². The number of nitrogens with zero attached hydrogens (tertiary/aromatic N) is 1. The van der Waals surface area contributed by atoms with E-state index in [4.69, 9.17) is 5.11 Å². The molecule has 1 aromatic heterocycles. The second kappa shape index (κ2) is 3.36. The maximum atomic E-state index is 10.9. The van der Waals surface area contributed by atoms with Crippen LogP contribution >= 0.6 is 0 Å². The molecular formula is C10H14N2O2. The Morgan fingerprint density at radius 2 is 2.36 bits per heavy atom. The molecule has 0 fully saturated rings. The Bertz CT molecular complexity index is 368. The van der Waals surface area contributed by atoms with Gasteiger partial charge in [0.2, 0.25) is 0 Å². The molecule has 1 aliphatic rings. The van der Waals surface area contributed by atoms with Gasteiger partial charge < -0.3 is 15.0 Å². The molecule has 0 amide bonds. The van der Waals surface area contributed by atoms with E-state index in [-0.39, 0.29) is 0 Å². The number of nitrogens with one attached hydrogen (secondary N) is 1. The second-order valence-electron chi connectivity index (χ2n) is 3.64. The molecule has 2 heterocycles. The third kappa shape index (κ3) is 1.36. The van der Waals surface area contributed by atoms with Crippen LogP contribution in [0.3, 0.4) is 0 Å². The summed E-state index contributed by atoms with van der Waals surface area (Å²) in [5.74, 6) is -0.859. The van der Waals surface area contributed by atoms with E-state index in [2.05, 4.69) is 5.32 Å². The molecule has 4 nitrogen and oxygen atoms in total. The molecule has 14 heavy (non-hydrogen) atoms. The standard InChI is InChI=1S/C10H14N2O2/c1-12-8-4-2-3-5-11-7(8)6-9(12)10(13)14/h6,11H,2-5H2,1H3,(H,13,14). The molecule has 2 N–H and O–H groups in total.